The second-order valence-corrected chi connectivity index (χ2v) is 9.75. The highest BCUT2D eigenvalue weighted by Crippen LogP contribution is 2.43. The maximum atomic E-state index is 14.2. The minimum Gasteiger partial charge on any atom is -0.465 e. The molecule has 3 aromatic rings. The SMILES string of the molecule is CCOC(=O)C1C(C)=Nc2c(c(N3CCN(Cc4ccccc4F)CC3)nc(=O)n2-c2ccccc2)C1C. The third-order valence-corrected chi connectivity index (χ3v) is 7.35. The summed E-state index contributed by atoms with van der Waals surface area (Å²) in [4.78, 5) is 40.0. The summed E-state index contributed by atoms with van der Waals surface area (Å²) in [6.07, 6.45) is 0. The molecule has 38 heavy (non-hydrogen) atoms. The molecule has 2 unspecified atom stereocenters. The van der Waals surface area contributed by atoms with E-state index in [1.165, 1.54) is 10.6 Å². The summed E-state index contributed by atoms with van der Waals surface area (Å²) >= 11 is 0. The number of carbonyl (C=O) groups is 1. The fourth-order valence-electron chi connectivity index (χ4n) is 5.44. The Morgan fingerprint density at radius 2 is 1.74 bits per heavy atom. The zero-order chi connectivity index (χ0) is 26.8. The minimum atomic E-state index is -0.563. The fraction of sp³-hybridized carbons (Fsp3) is 0.379. The number of aromatic nitrogens is 2. The average Bonchev–Trinajstić information content (AvgIpc) is 2.90. The predicted octanol–water partition coefficient (Wildman–Crippen LogP) is 4.08. The van der Waals surface area contributed by atoms with Crippen LogP contribution >= 0.6 is 0 Å². The van der Waals surface area contributed by atoms with Gasteiger partial charge in [0.15, 0.2) is 0 Å². The van der Waals surface area contributed by atoms with Crippen molar-refractivity contribution in [2.75, 3.05) is 37.7 Å². The largest absolute Gasteiger partial charge is 0.465 e. The van der Waals surface area contributed by atoms with Gasteiger partial charge in [0.1, 0.15) is 23.4 Å². The first-order chi connectivity index (χ1) is 18.4. The molecule has 2 aliphatic rings. The molecular weight excluding hydrogens is 485 g/mol. The number of anilines is 1. The van der Waals surface area contributed by atoms with Gasteiger partial charge in [-0.1, -0.05) is 43.3 Å². The van der Waals surface area contributed by atoms with Crippen LogP contribution in [0.1, 0.15) is 37.8 Å². The number of carbonyl (C=O) groups excluding carboxylic acids is 1. The van der Waals surface area contributed by atoms with Crippen LogP contribution in [0.25, 0.3) is 5.69 Å². The molecule has 0 saturated carbocycles. The lowest BCUT2D eigenvalue weighted by molar-refractivity contribution is -0.146. The molecule has 1 aromatic heterocycles. The van der Waals surface area contributed by atoms with Crippen LogP contribution < -0.4 is 10.6 Å². The van der Waals surface area contributed by atoms with Crippen molar-refractivity contribution in [3.8, 4) is 5.69 Å². The summed E-state index contributed by atoms with van der Waals surface area (Å²) in [6, 6.07) is 16.1. The number of nitrogens with zero attached hydrogens (tertiary/aromatic N) is 5. The number of aliphatic imine (C=N–C) groups is 1. The van der Waals surface area contributed by atoms with Crippen molar-refractivity contribution >= 4 is 23.3 Å². The number of para-hydroxylation sites is 1. The number of hydrogen-bond acceptors (Lipinski definition) is 7. The van der Waals surface area contributed by atoms with Crippen molar-refractivity contribution in [2.24, 2.45) is 10.9 Å². The first-order valence-corrected chi connectivity index (χ1v) is 13.0. The molecule has 1 saturated heterocycles. The highest BCUT2D eigenvalue weighted by molar-refractivity contribution is 6.04. The second kappa shape index (κ2) is 10.9. The Hall–Kier alpha value is -3.85. The van der Waals surface area contributed by atoms with Gasteiger partial charge in [-0.3, -0.25) is 9.69 Å². The van der Waals surface area contributed by atoms with Crippen molar-refractivity contribution in [3.63, 3.8) is 0 Å². The lowest BCUT2D eigenvalue weighted by atomic mass is 9.82. The molecule has 8 nitrogen and oxygen atoms in total. The number of fused-ring (bicyclic) bond motifs is 1. The Bertz CT molecular complexity index is 1410. The van der Waals surface area contributed by atoms with Crippen LogP contribution in [0.3, 0.4) is 0 Å². The molecule has 0 radical (unpaired) electrons. The van der Waals surface area contributed by atoms with E-state index in [1.807, 2.05) is 50.2 Å². The number of piperazine rings is 1. The second-order valence-electron chi connectivity index (χ2n) is 9.75. The molecule has 1 fully saturated rings. The van der Waals surface area contributed by atoms with E-state index in [0.29, 0.717) is 61.3 Å². The van der Waals surface area contributed by atoms with Gasteiger partial charge in [-0.15, -0.1) is 0 Å². The van der Waals surface area contributed by atoms with Crippen LogP contribution in [0.4, 0.5) is 16.0 Å². The van der Waals surface area contributed by atoms with E-state index in [1.54, 1.807) is 19.1 Å². The van der Waals surface area contributed by atoms with E-state index in [2.05, 4.69) is 14.8 Å². The standard InChI is InChI=1S/C29H32FN5O3/c1-4-38-28(36)24-19(2)25-26(34-16-14-33(15-17-34)18-21-10-8-9-13-23(21)30)32-29(37)35(27(25)31-20(24)3)22-11-6-5-7-12-22/h5-13,19,24H,4,14-18H2,1-3H3. The zero-order valence-corrected chi connectivity index (χ0v) is 21.9. The van der Waals surface area contributed by atoms with Gasteiger partial charge in [0.05, 0.1) is 12.3 Å². The molecular formula is C29H32FN5O3. The van der Waals surface area contributed by atoms with Crippen LogP contribution in [0, 0.1) is 11.7 Å². The third kappa shape index (κ3) is 4.86. The summed E-state index contributed by atoms with van der Waals surface area (Å²) in [5, 5.41) is 0. The summed E-state index contributed by atoms with van der Waals surface area (Å²) in [6.45, 7) is 8.96. The van der Waals surface area contributed by atoms with Crippen molar-refractivity contribution in [1.82, 2.24) is 14.5 Å². The van der Waals surface area contributed by atoms with Crippen LogP contribution in [0.15, 0.2) is 64.4 Å². The maximum Gasteiger partial charge on any atom is 0.355 e. The number of ether oxygens (including phenoxy) is 1. The molecule has 0 amide bonds. The number of benzene rings is 2. The number of rotatable bonds is 6. The van der Waals surface area contributed by atoms with E-state index in [0.717, 1.165) is 5.56 Å². The van der Waals surface area contributed by atoms with E-state index >= 15 is 0 Å². The molecule has 2 aliphatic heterocycles. The van der Waals surface area contributed by atoms with Crippen LogP contribution in [-0.4, -0.2) is 58.9 Å². The van der Waals surface area contributed by atoms with Gasteiger partial charge in [-0.2, -0.15) is 4.98 Å². The third-order valence-electron chi connectivity index (χ3n) is 7.35. The Morgan fingerprint density at radius 1 is 1.05 bits per heavy atom. The molecule has 3 heterocycles. The van der Waals surface area contributed by atoms with Gasteiger partial charge in [0.2, 0.25) is 0 Å². The molecule has 2 atom stereocenters. The fourth-order valence-corrected chi connectivity index (χ4v) is 5.44. The Kier molecular flexibility index (Phi) is 7.37. The van der Waals surface area contributed by atoms with Crippen LogP contribution in [0.2, 0.25) is 0 Å². The Morgan fingerprint density at radius 3 is 2.42 bits per heavy atom. The van der Waals surface area contributed by atoms with E-state index in [-0.39, 0.29) is 24.3 Å². The highest BCUT2D eigenvalue weighted by atomic mass is 19.1. The molecule has 198 valence electrons. The summed E-state index contributed by atoms with van der Waals surface area (Å²) in [7, 11) is 0. The first-order valence-electron chi connectivity index (χ1n) is 13.0. The summed E-state index contributed by atoms with van der Waals surface area (Å²) in [5.74, 6) is -0.332. The molecule has 0 spiro atoms. The van der Waals surface area contributed by atoms with Crippen molar-refractivity contribution in [2.45, 2.75) is 33.2 Å². The average molecular weight is 518 g/mol. The molecule has 0 aliphatic carbocycles. The smallest absolute Gasteiger partial charge is 0.355 e. The van der Waals surface area contributed by atoms with Crippen molar-refractivity contribution in [3.05, 3.63) is 82.0 Å². The quantitative estimate of drug-likeness (QED) is 0.459. The van der Waals surface area contributed by atoms with E-state index in [4.69, 9.17) is 9.73 Å². The first kappa shape index (κ1) is 25.8. The Labute approximate surface area is 221 Å². The number of hydrogen-bond donors (Lipinski definition) is 0. The van der Waals surface area contributed by atoms with Gasteiger partial charge >= 0.3 is 11.7 Å². The van der Waals surface area contributed by atoms with Gasteiger partial charge in [0.25, 0.3) is 0 Å². The van der Waals surface area contributed by atoms with Crippen LogP contribution in [0.5, 0.6) is 0 Å². The lowest BCUT2D eigenvalue weighted by Crippen LogP contribution is -2.48. The van der Waals surface area contributed by atoms with Crippen LogP contribution in [-0.2, 0) is 16.1 Å². The zero-order valence-electron chi connectivity index (χ0n) is 21.9. The summed E-state index contributed by atoms with van der Waals surface area (Å²) < 4.78 is 21.1. The normalized spacial score (nSPS) is 19.6. The van der Waals surface area contributed by atoms with E-state index in [9.17, 15) is 14.0 Å². The van der Waals surface area contributed by atoms with Crippen molar-refractivity contribution < 1.29 is 13.9 Å². The number of halogens is 1. The molecule has 0 bridgehead atoms. The van der Waals surface area contributed by atoms with Crippen molar-refractivity contribution in [1.29, 1.82) is 0 Å². The maximum absolute atomic E-state index is 14.2. The van der Waals surface area contributed by atoms with E-state index < -0.39 is 11.6 Å². The van der Waals surface area contributed by atoms with Gasteiger partial charge in [0, 0.05) is 55.5 Å². The highest BCUT2D eigenvalue weighted by Gasteiger charge is 2.40. The Balaban J connectivity index is 1.52. The molecule has 2 aromatic carbocycles. The van der Waals surface area contributed by atoms with Gasteiger partial charge < -0.3 is 9.64 Å². The van der Waals surface area contributed by atoms with Gasteiger partial charge in [-0.05, 0) is 32.0 Å². The topological polar surface area (TPSA) is 80.0 Å². The van der Waals surface area contributed by atoms with Gasteiger partial charge in [-0.25, -0.2) is 18.7 Å². The lowest BCUT2D eigenvalue weighted by Gasteiger charge is -2.38. The monoisotopic (exact) mass is 517 g/mol. The molecule has 0 N–H and O–H groups in total. The molecule has 5 rings (SSSR count). The number of esters is 1. The minimum absolute atomic E-state index is 0.206. The predicted molar refractivity (Wildman–Crippen MR) is 145 cm³/mol. The molecule has 9 heteroatoms. The summed E-state index contributed by atoms with van der Waals surface area (Å²) in [5.41, 5.74) is 2.29.